The van der Waals surface area contributed by atoms with Crippen LogP contribution in [0.3, 0.4) is 0 Å². The Balaban J connectivity index is 1.74. The van der Waals surface area contributed by atoms with Gasteiger partial charge in [-0.2, -0.15) is 0 Å². The van der Waals surface area contributed by atoms with Crippen molar-refractivity contribution in [2.45, 2.75) is 45.4 Å². The van der Waals surface area contributed by atoms with Crippen molar-refractivity contribution in [2.24, 2.45) is 0 Å². The minimum Gasteiger partial charge on any atom is -0.348 e. The lowest BCUT2D eigenvalue weighted by Crippen LogP contribution is -2.36. The summed E-state index contributed by atoms with van der Waals surface area (Å²) in [5, 5.41) is 5.30. The number of hydrogen-bond donors (Lipinski definition) is 2. The van der Waals surface area contributed by atoms with Gasteiger partial charge in [0.25, 0.3) is 0 Å². The molecule has 0 spiro atoms. The van der Waals surface area contributed by atoms with Crippen molar-refractivity contribution in [2.75, 3.05) is 11.9 Å². The number of benzene rings is 1. The average Bonchev–Trinajstić information content (AvgIpc) is 2.56. The number of rotatable bonds is 5. The van der Waals surface area contributed by atoms with Gasteiger partial charge in [0.15, 0.2) is 0 Å². The molecule has 4 nitrogen and oxygen atoms in total. The van der Waals surface area contributed by atoms with Gasteiger partial charge < -0.3 is 10.6 Å². The highest BCUT2D eigenvalue weighted by atomic mass is 16.2. The summed E-state index contributed by atoms with van der Waals surface area (Å²) in [6.07, 6.45) is 8.78. The van der Waals surface area contributed by atoms with E-state index in [1.807, 2.05) is 24.3 Å². The summed E-state index contributed by atoms with van der Waals surface area (Å²) in [6.45, 7) is 2.59. The van der Waals surface area contributed by atoms with E-state index in [2.05, 4.69) is 23.6 Å². The highest BCUT2D eigenvalue weighted by Gasteiger charge is 2.13. The van der Waals surface area contributed by atoms with E-state index in [-0.39, 0.29) is 0 Å². The van der Waals surface area contributed by atoms with Crippen LogP contribution in [0.4, 0.5) is 5.69 Å². The Labute approximate surface area is 132 Å². The molecule has 4 heteroatoms. The summed E-state index contributed by atoms with van der Waals surface area (Å²) in [4.78, 5) is 23.6. The van der Waals surface area contributed by atoms with Crippen molar-refractivity contribution in [3.05, 3.63) is 41.5 Å². The predicted molar refractivity (Wildman–Crippen MR) is 88.6 cm³/mol. The summed E-state index contributed by atoms with van der Waals surface area (Å²) in [5.41, 5.74) is 3.23. The highest BCUT2D eigenvalue weighted by Crippen LogP contribution is 2.19. The van der Waals surface area contributed by atoms with Gasteiger partial charge in [0.05, 0.1) is 0 Å². The molecule has 2 N–H and O–H groups in total. The topological polar surface area (TPSA) is 58.2 Å². The summed E-state index contributed by atoms with van der Waals surface area (Å²) in [6, 6.07) is 7.53. The molecular weight excluding hydrogens is 276 g/mol. The maximum Gasteiger partial charge on any atom is 0.313 e. The molecule has 2 amide bonds. The van der Waals surface area contributed by atoms with Gasteiger partial charge in [-0.15, -0.1) is 0 Å². The monoisotopic (exact) mass is 300 g/mol. The molecule has 0 heterocycles. The number of amides is 2. The second-order valence-electron chi connectivity index (χ2n) is 5.62. The number of anilines is 1. The first-order chi connectivity index (χ1) is 10.7. The number of aryl methyl sites for hydroxylation is 1. The lowest BCUT2D eigenvalue weighted by molar-refractivity contribution is -0.136. The molecule has 0 saturated carbocycles. The molecule has 0 aromatic heterocycles. The first-order valence-electron chi connectivity index (χ1n) is 8.05. The van der Waals surface area contributed by atoms with Gasteiger partial charge in [-0.05, 0) is 56.2 Å². The quantitative estimate of drug-likeness (QED) is 0.648. The Bertz CT molecular complexity index is 547. The van der Waals surface area contributed by atoms with Crippen LogP contribution in [0.2, 0.25) is 0 Å². The first-order valence-corrected chi connectivity index (χ1v) is 8.05. The van der Waals surface area contributed by atoms with E-state index < -0.39 is 11.8 Å². The molecule has 2 rings (SSSR count). The summed E-state index contributed by atoms with van der Waals surface area (Å²) in [5.74, 6) is -1.18. The lowest BCUT2D eigenvalue weighted by atomic mass is 9.97. The molecule has 0 bridgehead atoms. The molecule has 0 fully saturated rings. The van der Waals surface area contributed by atoms with Crippen LogP contribution in [0.5, 0.6) is 0 Å². The van der Waals surface area contributed by atoms with Gasteiger partial charge in [0, 0.05) is 12.2 Å². The van der Waals surface area contributed by atoms with E-state index in [0.29, 0.717) is 12.2 Å². The zero-order valence-electron chi connectivity index (χ0n) is 13.2. The normalized spacial score (nSPS) is 14.1. The third kappa shape index (κ3) is 5.02. The number of carbonyl (C=O) groups is 2. The zero-order valence-corrected chi connectivity index (χ0v) is 13.2. The SMILES string of the molecule is CCc1ccc(NC(=O)C(=O)NCCC2=CCCCC2)cc1. The average molecular weight is 300 g/mol. The predicted octanol–water partition coefficient (Wildman–Crippen LogP) is 3.19. The van der Waals surface area contributed by atoms with Crippen LogP contribution in [0.15, 0.2) is 35.9 Å². The fraction of sp³-hybridized carbons (Fsp3) is 0.444. The summed E-state index contributed by atoms with van der Waals surface area (Å²) in [7, 11) is 0. The van der Waals surface area contributed by atoms with Gasteiger partial charge in [-0.25, -0.2) is 0 Å². The maximum atomic E-state index is 11.8. The second kappa shape index (κ2) is 8.37. The van der Waals surface area contributed by atoms with Crippen LogP contribution in [0.1, 0.15) is 44.6 Å². The Morgan fingerprint density at radius 2 is 1.86 bits per heavy atom. The van der Waals surface area contributed by atoms with E-state index >= 15 is 0 Å². The third-order valence-electron chi connectivity index (χ3n) is 3.94. The van der Waals surface area contributed by atoms with Crippen molar-refractivity contribution in [3.63, 3.8) is 0 Å². The summed E-state index contributed by atoms with van der Waals surface area (Å²) < 4.78 is 0. The highest BCUT2D eigenvalue weighted by molar-refractivity contribution is 6.39. The summed E-state index contributed by atoms with van der Waals surface area (Å²) >= 11 is 0. The van der Waals surface area contributed by atoms with Crippen LogP contribution in [-0.4, -0.2) is 18.4 Å². The van der Waals surface area contributed by atoms with Crippen LogP contribution in [0.25, 0.3) is 0 Å². The number of allylic oxidation sites excluding steroid dienone is 1. The molecule has 0 radical (unpaired) electrons. The van der Waals surface area contributed by atoms with Gasteiger partial charge in [-0.3, -0.25) is 9.59 Å². The molecule has 0 atom stereocenters. The molecular formula is C18H24N2O2. The Kier molecular flexibility index (Phi) is 6.19. The fourth-order valence-electron chi connectivity index (χ4n) is 2.56. The molecule has 1 aromatic carbocycles. The Morgan fingerprint density at radius 3 is 2.50 bits per heavy atom. The van der Waals surface area contributed by atoms with Crippen LogP contribution in [0, 0.1) is 0 Å². The first kappa shape index (κ1) is 16.3. The second-order valence-corrected chi connectivity index (χ2v) is 5.62. The van der Waals surface area contributed by atoms with Gasteiger partial charge in [-0.1, -0.05) is 30.7 Å². The van der Waals surface area contributed by atoms with Crippen molar-refractivity contribution in [1.29, 1.82) is 0 Å². The molecule has 1 aliphatic rings. The van der Waals surface area contributed by atoms with Crippen LogP contribution < -0.4 is 10.6 Å². The van der Waals surface area contributed by atoms with Gasteiger partial charge in [0.2, 0.25) is 0 Å². The Morgan fingerprint density at radius 1 is 1.09 bits per heavy atom. The third-order valence-corrected chi connectivity index (χ3v) is 3.94. The van der Waals surface area contributed by atoms with Crippen LogP contribution in [-0.2, 0) is 16.0 Å². The standard InChI is InChI=1S/C18H24N2O2/c1-2-14-8-10-16(11-9-14)20-18(22)17(21)19-13-12-15-6-4-3-5-7-15/h6,8-11H,2-5,7,12-13H2,1H3,(H,19,21)(H,20,22). The fourth-order valence-corrected chi connectivity index (χ4v) is 2.56. The Hall–Kier alpha value is -2.10. The zero-order chi connectivity index (χ0) is 15.8. The lowest BCUT2D eigenvalue weighted by Gasteiger charge is -2.12. The van der Waals surface area contributed by atoms with Gasteiger partial charge >= 0.3 is 11.8 Å². The number of nitrogens with one attached hydrogen (secondary N) is 2. The number of hydrogen-bond acceptors (Lipinski definition) is 2. The van der Waals surface area contributed by atoms with E-state index in [0.717, 1.165) is 25.7 Å². The molecule has 22 heavy (non-hydrogen) atoms. The van der Waals surface area contributed by atoms with Crippen molar-refractivity contribution < 1.29 is 9.59 Å². The molecule has 0 aliphatic heterocycles. The minimum atomic E-state index is -0.609. The van der Waals surface area contributed by atoms with E-state index in [9.17, 15) is 9.59 Å². The maximum absolute atomic E-state index is 11.8. The largest absolute Gasteiger partial charge is 0.348 e. The molecule has 0 saturated heterocycles. The van der Waals surface area contributed by atoms with E-state index in [1.165, 1.54) is 24.0 Å². The van der Waals surface area contributed by atoms with Crippen molar-refractivity contribution >= 4 is 17.5 Å². The minimum absolute atomic E-state index is 0.521. The van der Waals surface area contributed by atoms with Crippen molar-refractivity contribution in [3.8, 4) is 0 Å². The molecule has 1 aromatic rings. The van der Waals surface area contributed by atoms with E-state index in [4.69, 9.17) is 0 Å². The van der Waals surface area contributed by atoms with E-state index in [1.54, 1.807) is 0 Å². The van der Waals surface area contributed by atoms with Crippen molar-refractivity contribution in [1.82, 2.24) is 5.32 Å². The molecule has 118 valence electrons. The smallest absolute Gasteiger partial charge is 0.313 e. The molecule has 1 aliphatic carbocycles. The van der Waals surface area contributed by atoms with Crippen LogP contribution >= 0.6 is 0 Å². The molecule has 0 unspecified atom stereocenters. The number of carbonyl (C=O) groups excluding carboxylic acids is 2. The van der Waals surface area contributed by atoms with Gasteiger partial charge in [0.1, 0.15) is 0 Å².